The molecule has 0 unspecified atom stereocenters. The first kappa shape index (κ1) is 13.9. The van der Waals surface area contributed by atoms with Gasteiger partial charge in [0.15, 0.2) is 0 Å². The zero-order valence-corrected chi connectivity index (χ0v) is 12.5. The molecule has 0 radical (unpaired) electrons. The van der Waals surface area contributed by atoms with Gasteiger partial charge in [0.05, 0.1) is 11.1 Å². The van der Waals surface area contributed by atoms with Crippen LogP contribution in [0.15, 0.2) is 30.3 Å². The third kappa shape index (κ3) is 2.71. The number of hydrogen-bond acceptors (Lipinski definition) is 3. The van der Waals surface area contributed by atoms with Crippen molar-refractivity contribution in [1.29, 1.82) is 0 Å². The number of aromatic carboxylic acids is 1. The molecule has 0 spiro atoms. The molecule has 0 bridgehead atoms. The molecule has 0 atom stereocenters. The number of hydrogen-bond donors (Lipinski definition) is 1. The molecular formula is C17H20N2O2. The van der Waals surface area contributed by atoms with Crippen LogP contribution in [0, 0.1) is 5.41 Å². The zero-order chi connectivity index (χ0) is 15.0. The Balaban J connectivity index is 2.02. The molecule has 0 saturated carbocycles. The van der Waals surface area contributed by atoms with Gasteiger partial charge in [-0.25, -0.2) is 9.78 Å². The number of aromatic nitrogens is 1. The van der Waals surface area contributed by atoms with Crippen molar-refractivity contribution in [1.82, 2.24) is 4.98 Å². The van der Waals surface area contributed by atoms with Crippen molar-refractivity contribution < 1.29 is 9.90 Å². The molecule has 2 heterocycles. The minimum absolute atomic E-state index is 0.334. The molecule has 21 heavy (non-hydrogen) atoms. The van der Waals surface area contributed by atoms with E-state index in [0.29, 0.717) is 16.4 Å². The quantitative estimate of drug-likeness (QED) is 0.916. The number of pyridine rings is 1. The summed E-state index contributed by atoms with van der Waals surface area (Å²) in [5.41, 5.74) is 1.45. The summed E-state index contributed by atoms with van der Waals surface area (Å²) in [5, 5.41) is 10.1. The highest BCUT2D eigenvalue weighted by molar-refractivity contribution is 6.03. The summed E-state index contributed by atoms with van der Waals surface area (Å²) in [6.07, 6.45) is 2.20. The molecule has 4 nitrogen and oxygen atoms in total. The van der Waals surface area contributed by atoms with Crippen molar-refractivity contribution in [2.24, 2.45) is 5.41 Å². The summed E-state index contributed by atoms with van der Waals surface area (Å²) < 4.78 is 0. The molecule has 2 aromatic rings. The summed E-state index contributed by atoms with van der Waals surface area (Å²) in [4.78, 5) is 18.4. The van der Waals surface area contributed by atoms with Crippen LogP contribution in [0.25, 0.3) is 10.9 Å². The van der Waals surface area contributed by atoms with E-state index >= 15 is 0 Å². The van der Waals surface area contributed by atoms with Crippen molar-refractivity contribution in [3.63, 3.8) is 0 Å². The van der Waals surface area contributed by atoms with E-state index in [9.17, 15) is 9.90 Å². The van der Waals surface area contributed by atoms with Crippen LogP contribution in [-0.4, -0.2) is 29.1 Å². The number of benzene rings is 1. The Labute approximate surface area is 124 Å². The van der Waals surface area contributed by atoms with Crippen LogP contribution < -0.4 is 4.90 Å². The Morgan fingerprint density at radius 2 is 1.90 bits per heavy atom. The predicted molar refractivity (Wildman–Crippen MR) is 83.9 cm³/mol. The molecule has 1 aliphatic heterocycles. The van der Waals surface area contributed by atoms with E-state index in [-0.39, 0.29) is 0 Å². The number of nitrogens with zero attached hydrogens (tertiary/aromatic N) is 2. The van der Waals surface area contributed by atoms with Gasteiger partial charge in [0, 0.05) is 18.5 Å². The zero-order valence-electron chi connectivity index (χ0n) is 12.5. The second-order valence-electron chi connectivity index (χ2n) is 6.50. The predicted octanol–water partition coefficient (Wildman–Crippen LogP) is 3.56. The highest BCUT2D eigenvalue weighted by Gasteiger charge is 2.26. The summed E-state index contributed by atoms with van der Waals surface area (Å²) in [6.45, 7) is 6.41. The summed E-state index contributed by atoms with van der Waals surface area (Å²) in [6, 6.07) is 9.14. The number of carboxylic acid groups (broad SMARTS) is 1. The lowest BCUT2D eigenvalue weighted by molar-refractivity contribution is 0.0699. The van der Waals surface area contributed by atoms with E-state index in [2.05, 4.69) is 23.7 Å². The Morgan fingerprint density at radius 1 is 1.24 bits per heavy atom. The molecule has 1 aromatic carbocycles. The van der Waals surface area contributed by atoms with Crippen molar-refractivity contribution in [3.8, 4) is 0 Å². The number of para-hydroxylation sites is 1. The van der Waals surface area contributed by atoms with Gasteiger partial charge in [-0.05, 0) is 30.4 Å². The second-order valence-corrected chi connectivity index (χ2v) is 6.50. The molecule has 0 aliphatic carbocycles. The van der Waals surface area contributed by atoms with E-state index in [1.165, 1.54) is 0 Å². The van der Waals surface area contributed by atoms with Gasteiger partial charge < -0.3 is 10.0 Å². The number of carboxylic acids is 1. The van der Waals surface area contributed by atoms with Crippen LogP contribution in [-0.2, 0) is 0 Å². The summed E-state index contributed by atoms with van der Waals surface area (Å²) >= 11 is 0. The highest BCUT2D eigenvalue weighted by atomic mass is 16.4. The fourth-order valence-corrected chi connectivity index (χ4v) is 2.84. The average molecular weight is 284 g/mol. The highest BCUT2D eigenvalue weighted by Crippen LogP contribution is 2.32. The molecular weight excluding hydrogens is 264 g/mol. The van der Waals surface area contributed by atoms with Crippen molar-refractivity contribution >= 4 is 22.7 Å². The third-order valence-electron chi connectivity index (χ3n) is 4.37. The van der Waals surface area contributed by atoms with Crippen LogP contribution in [0.5, 0.6) is 0 Å². The number of anilines is 1. The van der Waals surface area contributed by atoms with E-state index < -0.39 is 5.97 Å². The van der Waals surface area contributed by atoms with Gasteiger partial charge in [0.25, 0.3) is 0 Å². The summed E-state index contributed by atoms with van der Waals surface area (Å²) in [5.74, 6) is -0.117. The minimum Gasteiger partial charge on any atom is -0.478 e. The normalized spacial score (nSPS) is 17.9. The van der Waals surface area contributed by atoms with Crippen LogP contribution in [0.3, 0.4) is 0 Å². The lowest BCUT2D eigenvalue weighted by Crippen LogP contribution is -2.37. The Kier molecular flexibility index (Phi) is 3.32. The Morgan fingerprint density at radius 3 is 2.57 bits per heavy atom. The first-order valence-electron chi connectivity index (χ1n) is 7.34. The van der Waals surface area contributed by atoms with E-state index in [0.717, 1.165) is 37.3 Å². The SMILES string of the molecule is CC1(C)CCN(c2cc(C(=O)O)c3ccccc3n2)CC1. The number of rotatable bonds is 2. The maximum Gasteiger partial charge on any atom is 0.336 e. The largest absolute Gasteiger partial charge is 0.478 e. The number of fused-ring (bicyclic) bond motifs is 1. The lowest BCUT2D eigenvalue weighted by atomic mass is 9.83. The van der Waals surface area contributed by atoms with E-state index in [4.69, 9.17) is 0 Å². The van der Waals surface area contributed by atoms with Gasteiger partial charge >= 0.3 is 5.97 Å². The molecule has 1 fully saturated rings. The first-order chi connectivity index (χ1) is 9.96. The Hall–Kier alpha value is -2.10. The van der Waals surface area contributed by atoms with E-state index in [1.54, 1.807) is 6.07 Å². The molecule has 4 heteroatoms. The standard InChI is InChI=1S/C17H20N2O2/c1-17(2)7-9-19(10-8-17)15-11-13(16(20)21)12-5-3-4-6-14(12)18-15/h3-6,11H,7-10H2,1-2H3,(H,20,21). The van der Waals surface area contributed by atoms with Crippen LogP contribution in [0.1, 0.15) is 37.0 Å². The molecule has 1 aliphatic rings. The van der Waals surface area contributed by atoms with Gasteiger partial charge in [0.2, 0.25) is 0 Å². The number of carbonyl (C=O) groups is 1. The maximum absolute atomic E-state index is 11.5. The molecule has 1 aromatic heterocycles. The molecule has 3 rings (SSSR count). The van der Waals surface area contributed by atoms with Gasteiger partial charge in [-0.15, -0.1) is 0 Å². The minimum atomic E-state index is -0.896. The monoisotopic (exact) mass is 284 g/mol. The van der Waals surface area contributed by atoms with Crippen molar-refractivity contribution in [2.45, 2.75) is 26.7 Å². The van der Waals surface area contributed by atoms with Gasteiger partial charge in [-0.3, -0.25) is 0 Å². The topological polar surface area (TPSA) is 53.4 Å². The number of piperidine rings is 1. The fourth-order valence-electron chi connectivity index (χ4n) is 2.84. The maximum atomic E-state index is 11.5. The lowest BCUT2D eigenvalue weighted by Gasteiger charge is -2.37. The van der Waals surface area contributed by atoms with Gasteiger partial charge in [0.1, 0.15) is 5.82 Å². The van der Waals surface area contributed by atoms with Crippen molar-refractivity contribution in [3.05, 3.63) is 35.9 Å². The first-order valence-corrected chi connectivity index (χ1v) is 7.34. The Bertz CT molecular complexity index is 684. The molecule has 1 N–H and O–H groups in total. The van der Waals surface area contributed by atoms with E-state index in [1.807, 2.05) is 24.3 Å². The molecule has 0 amide bonds. The smallest absolute Gasteiger partial charge is 0.336 e. The van der Waals surface area contributed by atoms with Gasteiger partial charge in [-0.2, -0.15) is 0 Å². The molecule has 110 valence electrons. The summed E-state index contributed by atoms with van der Waals surface area (Å²) in [7, 11) is 0. The third-order valence-corrected chi connectivity index (χ3v) is 4.37. The second kappa shape index (κ2) is 5.02. The average Bonchev–Trinajstić information content (AvgIpc) is 2.46. The van der Waals surface area contributed by atoms with Crippen LogP contribution in [0.2, 0.25) is 0 Å². The fraction of sp³-hybridized carbons (Fsp3) is 0.412. The van der Waals surface area contributed by atoms with Crippen LogP contribution >= 0.6 is 0 Å². The van der Waals surface area contributed by atoms with Crippen molar-refractivity contribution in [2.75, 3.05) is 18.0 Å². The van der Waals surface area contributed by atoms with Crippen LogP contribution in [0.4, 0.5) is 5.82 Å². The van der Waals surface area contributed by atoms with Gasteiger partial charge in [-0.1, -0.05) is 32.0 Å². The molecule has 1 saturated heterocycles.